The average molecular weight is 419 g/mol. The zero-order chi connectivity index (χ0) is 18.7. The number of imide groups is 1. The molecule has 1 aliphatic rings. The molecule has 0 bridgehead atoms. The number of halogens is 1. The smallest absolute Gasteiger partial charge is 0.332 e. The van der Waals surface area contributed by atoms with Crippen LogP contribution < -0.4 is 9.64 Å². The average Bonchev–Trinajstić information content (AvgIpc) is 2.85. The predicted octanol–water partition coefficient (Wildman–Crippen LogP) is 3.05. The van der Waals surface area contributed by atoms with Gasteiger partial charge in [0.1, 0.15) is 24.5 Å². The molecular formula is C19H19BrN2O4. The maximum absolute atomic E-state index is 12.6. The highest BCUT2D eigenvalue weighted by atomic mass is 79.9. The fourth-order valence-corrected chi connectivity index (χ4v) is 3.07. The molecule has 7 heteroatoms. The Morgan fingerprint density at radius 1 is 1.12 bits per heavy atom. The molecule has 6 nitrogen and oxygen atoms in total. The van der Waals surface area contributed by atoms with E-state index >= 15 is 0 Å². The van der Waals surface area contributed by atoms with Gasteiger partial charge in [-0.05, 0) is 43.3 Å². The minimum absolute atomic E-state index is 0.0155. The number of carbonyl (C=O) groups is 2. The minimum atomic E-state index is -0.977. The van der Waals surface area contributed by atoms with Crippen molar-refractivity contribution in [1.82, 2.24) is 4.90 Å². The number of amides is 3. The van der Waals surface area contributed by atoms with Crippen LogP contribution in [0.4, 0.5) is 10.5 Å². The Morgan fingerprint density at radius 2 is 1.77 bits per heavy atom. The fourth-order valence-electron chi connectivity index (χ4n) is 2.80. The van der Waals surface area contributed by atoms with Crippen LogP contribution in [0.15, 0.2) is 59.1 Å². The van der Waals surface area contributed by atoms with Crippen molar-refractivity contribution in [2.75, 3.05) is 18.1 Å². The number of aliphatic hydroxyl groups excluding tert-OH is 1. The third-order valence-corrected chi connectivity index (χ3v) is 4.66. The van der Waals surface area contributed by atoms with Gasteiger partial charge < -0.3 is 9.84 Å². The maximum Gasteiger partial charge on any atom is 0.332 e. The Labute approximate surface area is 160 Å². The molecule has 0 spiro atoms. The number of para-hydroxylation sites is 1. The number of hydrogen-bond acceptors (Lipinski definition) is 4. The van der Waals surface area contributed by atoms with E-state index < -0.39 is 18.2 Å². The van der Waals surface area contributed by atoms with Crippen molar-refractivity contribution in [3.05, 3.63) is 59.1 Å². The van der Waals surface area contributed by atoms with Crippen LogP contribution in [0.25, 0.3) is 0 Å². The summed E-state index contributed by atoms with van der Waals surface area (Å²) in [5, 5.41) is 10.2. The summed E-state index contributed by atoms with van der Waals surface area (Å²) in [5.74, 6) is 0.271. The molecule has 1 saturated heterocycles. The van der Waals surface area contributed by atoms with Gasteiger partial charge >= 0.3 is 6.03 Å². The first-order valence-electron chi connectivity index (χ1n) is 8.23. The first kappa shape index (κ1) is 18.4. The molecule has 1 aliphatic heterocycles. The molecule has 0 saturated carbocycles. The summed E-state index contributed by atoms with van der Waals surface area (Å²) in [7, 11) is 0. The van der Waals surface area contributed by atoms with E-state index in [9.17, 15) is 14.7 Å². The molecule has 1 fully saturated rings. The Morgan fingerprint density at radius 3 is 2.42 bits per heavy atom. The zero-order valence-electron chi connectivity index (χ0n) is 14.2. The van der Waals surface area contributed by atoms with Crippen molar-refractivity contribution in [1.29, 1.82) is 0 Å². The number of nitrogens with zero attached hydrogens (tertiary/aromatic N) is 2. The molecule has 26 heavy (non-hydrogen) atoms. The Balaban J connectivity index is 1.62. The first-order valence-corrected chi connectivity index (χ1v) is 9.02. The molecule has 2 aromatic carbocycles. The third kappa shape index (κ3) is 3.89. The van der Waals surface area contributed by atoms with Crippen molar-refractivity contribution >= 4 is 33.6 Å². The number of hydrogen-bond donors (Lipinski definition) is 1. The summed E-state index contributed by atoms with van der Waals surface area (Å²) in [4.78, 5) is 27.6. The van der Waals surface area contributed by atoms with Crippen molar-refractivity contribution < 1.29 is 19.4 Å². The van der Waals surface area contributed by atoms with Crippen LogP contribution in [-0.4, -0.2) is 47.2 Å². The predicted molar refractivity (Wildman–Crippen MR) is 101 cm³/mol. The molecule has 0 aromatic heterocycles. The maximum atomic E-state index is 12.6. The number of aliphatic hydroxyl groups is 1. The van der Waals surface area contributed by atoms with Gasteiger partial charge in [0, 0.05) is 10.2 Å². The third-order valence-electron chi connectivity index (χ3n) is 4.13. The summed E-state index contributed by atoms with van der Waals surface area (Å²) in [5.41, 5.74) is 0.654. The number of rotatable bonds is 6. The minimum Gasteiger partial charge on any atom is -0.491 e. The van der Waals surface area contributed by atoms with E-state index in [1.165, 1.54) is 4.90 Å². The van der Waals surface area contributed by atoms with Gasteiger partial charge in [0.05, 0.1) is 6.54 Å². The van der Waals surface area contributed by atoms with Gasteiger partial charge in [-0.15, -0.1) is 0 Å². The van der Waals surface area contributed by atoms with E-state index in [1.54, 1.807) is 31.2 Å². The van der Waals surface area contributed by atoms with E-state index in [0.717, 1.165) is 9.37 Å². The lowest BCUT2D eigenvalue weighted by Crippen LogP contribution is -2.40. The quantitative estimate of drug-likeness (QED) is 0.731. The standard InChI is InChI=1S/C19H19BrN2O4/c1-13-18(24)21(19(25)22(13)15-5-3-2-4-6-15)11-16(23)12-26-17-9-7-14(20)8-10-17/h2-10,13,16,23H,11-12H2,1H3/t13-,16-/m1/s1. The number of anilines is 1. The van der Waals surface area contributed by atoms with Crippen LogP contribution in [0.5, 0.6) is 5.75 Å². The number of carbonyl (C=O) groups excluding carboxylic acids is 2. The number of benzene rings is 2. The fraction of sp³-hybridized carbons (Fsp3) is 0.263. The lowest BCUT2D eigenvalue weighted by molar-refractivity contribution is -0.128. The second kappa shape index (κ2) is 7.88. The lowest BCUT2D eigenvalue weighted by Gasteiger charge is -2.20. The van der Waals surface area contributed by atoms with Crippen molar-refractivity contribution in [2.24, 2.45) is 0 Å². The largest absolute Gasteiger partial charge is 0.491 e. The Hall–Kier alpha value is -2.38. The molecular weight excluding hydrogens is 400 g/mol. The zero-order valence-corrected chi connectivity index (χ0v) is 15.8. The molecule has 0 radical (unpaired) electrons. The summed E-state index contributed by atoms with van der Waals surface area (Å²) in [6.45, 7) is 1.55. The molecule has 3 amide bonds. The van der Waals surface area contributed by atoms with Crippen LogP contribution in [0.2, 0.25) is 0 Å². The van der Waals surface area contributed by atoms with Crippen molar-refractivity contribution in [3.8, 4) is 5.75 Å². The van der Waals surface area contributed by atoms with E-state index in [2.05, 4.69) is 15.9 Å². The van der Waals surface area contributed by atoms with Crippen molar-refractivity contribution in [3.63, 3.8) is 0 Å². The molecule has 0 unspecified atom stereocenters. The van der Waals surface area contributed by atoms with Gasteiger partial charge in [-0.25, -0.2) is 4.79 Å². The van der Waals surface area contributed by atoms with E-state index in [0.29, 0.717) is 11.4 Å². The summed E-state index contributed by atoms with van der Waals surface area (Å²) < 4.78 is 6.43. The SMILES string of the molecule is C[C@@H]1C(=O)N(C[C@@H](O)COc2ccc(Br)cc2)C(=O)N1c1ccccc1. The molecule has 2 atom stereocenters. The van der Waals surface area contributed by atoms with Gasteiger partial charge in [0.25, 0.3) is 5.91 Å². The van der Waals surface area contributed by atoms with Gasteiger partial charge in [-0.3, -0.25) is 14.6 Å². The Kier molecular flexibility index (Phi) is 5.58. The molecule has 1 N–H and O–H groups in total. The van der Waals surface area contributed by atoms with Crippen LogP contribution in [0.1, 0.15) is 6.92 Å². The van der Waals surface area contributed by atoms with Crippen LogP contribution in [0, 0.1) is 0 Å². The molecule has 1 heterocycles. The highest BCUT2D eigenvalue weighted by molar-refractivity contribution is 9.10. The highest BCUT2D eigenvalue weighted by Gasteiger charge is 2.43. The summed E-state index contributed by atoms with van der Waals surface area (Å²) in [6, 6.07) is 15.2. The highest BCUT2D eigenvalue weighted by Crippen LogP contribution is 2.25. The second-order valence-electron chi connectivity index (χ2n) is 6.03. The van der Waals surface area contributed by atoms with Crippen LogP contribution in [-0.2, 0) is 4.79 Å². The van der Waals surface area contributed by atoms with E-state index in [4.69, 9.17) is 4.74 Å². The summed E-state index contributed by atoms with van der Waals surface area (Å²) in [6.07, 6.45) is -0.977. The van der Waals surface area contributed by atoms with E-state index in [-0.39, 0.29) is 19.1 Å². The second-order valence-corrected chi connectivity index (χ2v) is 6.95. The van der Waals surface area contributed by atoms with Crippen LogP contribution >= 0.6 is 15.9 Å². The molecule has 2 aromatic rings. The van der Waals surface area contributed by atoms with Gasteiger partial charge in [0.2, 0.25) is 0 Å². The first-order chi connectivity index (χ1) is 12.5. The summed E-state index contributed by atoms with van der Waals surface area (Å²) >= 11 is 3.34. The molecule has 136 valence electrons. The molecule has 3 rings (SSSR count). The number of ether oxygens (including phenoxy) is 1. The van der Waals surface area contributed by atoms with Gasteiger partial charge in [-0.2, -0.15) is 0 Å². The monoisotopic (exact) mass is 418 g/mol. The molecule has 0 aliphatic carbocycles. The lowest BCUT2D eigenvalue weighted by atomic mass is 10.2. The Bertz CT molecular complexity index is 782. The topological polar surface area (TPSA) is 70.1 Å². The van der Waals surface area contributed by atoms with Gasteiger partial charge in [0.15, 0.2) is 0 Å². The number of urea groups is 1. The number of β-amino-alcohol motifs (C(OH)–C–C–N with tert-alkyl or cyclic N) is 1. The normalized spacial score (nSPS) is 18.3. The van der Waals surface area contributed by atoms with Crippen LogP contribution in [0.3, 0.4) is 0 Å². The van der Waals surface area contributed by atoms with E-state index in [1.807, 2.05) is 30.3 Å². The van der Waals surface area contributed by atoms with Gasteiger partial charge in [-0.1, -0.05) is 34.1 Å². The van der Waals surface area contributed by atoms with Crippen molar-refractivity contribution in [2.45, 2.75) is 19.1 Å².